The normalized spacial score (nSPS) is 12.1. The molecule has 0 bridgehead atoms. The van der Waals surface area contributed by atoms with Crippen molar-refractivity contribution in [1.82, 2.24) is 4.57 Å². The van der Waals surface area contributed by atoms with Crippen molar-refractivity contribution in [2.45, 2.75) is 6.92 Å². The summed E-state index contributed by atoms with van der Waals surface area (Å²) in [7, 11) is 3.47. The molecule has 4 heteroatoms. The molecule has 100 valence electrons. The summed E-state index contributed by atoms with van der Waals surface area (Å²) in [4.78, 5) is 11.2. The van der Waals surface area contributed by atoms with E-state index in [4.69, 9.17) is 4.74 Å². The van der Waals surface area contributed by atoms with Crippen LogP contribution in [0.25, 0.3) is 17.0 Å². The van der Waals surface area contributed by atoms with E-state index in [-0.39, 0.29) is 12.2 Å². The third-order valence-corrected chi connectivity index (χ3v) is 3.34. The molecule has 0 aliphatic heterocycles. The van der Waals surface area contributed by atoms with Crippen LogP contribution in [-0.4, -0.2) is 29.4 Å². The van der Waals surface area contributed by atoms with E-state index >= 15 is 0 Å². The first-order valence-corrected chi connectivity index (χ1v) is 6.03. The number of hydrogen-bond donors (Lipinski definition) is 1. The number of para-hydroxylation sites is 1. The zero-order valence-electron chi connectivity index (χ0n) is 11.3. The van der Waals surface area contributed by atoms with E-state index in [9.17, 15) is 9.90 Å². The van der Waals surface area contributed by atoms with E-state index in [0.29, 0.717) is 0 Å². The van der Waals surface area contributed by atoms with Gasteiger partial charge >= 0.3 is 5.97 Å². The van der Waals surface area contributed by atoms with E-state index in [2.05, 4.69) is 4.57 Å². The number of carbonyl (C=O) groups is 1. The molecule has 1 aromatic carbocycles. The summed E-state index contributed by atoms with van der Waals surface area (Å²) < 4.78 is 7.00. The monoisotopic (exact) mass is 259 g/mol. The fourth-order valence-corrected chi connectivity index (χ4v) is 2.23. The van der Waals surface area contributed by atoms with Crippen molar-refractivity contribution in [3.05, 3.63) is 41.1 Å². The van der Waals surface area contributed by atoms with Crippen molar-refractivity contribution in [1.29, 1.82) is 0 Å². The third-order valence-electron chi connectivity index (χ3n) is 3.34. The Bertz CT molecular complexity index is 653. The molecule has 4 nitrogen and oxygen atoms in total. The predicted molar refractivity (Wildman–Crippen MR) is 75.1 cm³/mol. The highest BCUT2D eigenvalue weighted by Gasteiger charge is 2.13. The second kappa shape index (κ2) is 5.28. The maximum absolute atomic E-state index is 11.2. The Labute approximate surface area is 111 Å². The number of hydrogen-bond acceptors (Lipinski definition) is 2. The number of aromatic nitrogens is 1. The Hall–Kier alpha value is -2.07. The highest BCUT2D eigenvalue weighted by molar-refractivity contribution is 5.98. The largest absolute Gasteiger partial charge is 0.478 e. The van der Waals surface area contributed by atoms with Gasteiger partial charge < -0.3 is 14.4 Å². The first-order valence-electron chi connectivity index (χ1n) is 6.03. The standard InChI is InChI=1S/C15H17NO3/c1-10-13(8-11(9-19-3)15(17)18)12-6-4-5-7-14(12)16(10)2/h4-8H,9H2,1-3H3,(H,17,18)/b11-8+. The van der Waals surface area contributed by atoms with Gasteiger partial charge in [0.1, 0.15) is 0 Å². The second-order valence-electron chi connectivity index (χ2n) is 4.48. The summed E-state index contributed by atoms with van der Waals surface area (Å²) in [5, 5.41) is 10.2. The Kier molecular flexibility index (Phi) is 3.71. The number of benzene rings is 1. The fraction of sp³-hybridized carbons (Fsp3) is 0.267. The topological polar surface area (TPSA) is 51.5 Å². The molecule has 0 fully saturated rings. The number of carboxylic acids is 1. The Morgan fingerprint density at radius 2 is 2.11 bits per heavy atom. The Balaban J connectivity index is 2.65. The van der Waals surface area contributed by atoms with E-state index < -0.39 is 5.97 Å². The lowest BCUT2D eigenvalue weighted by atomic mass is 10.1. The van der Waals surface area contributed by atoms with Gasteiger partial charge in [-0.3, -0.25) is 0 Å². The van der Waals surface area contributed by atoms with Crippen molar-refractivity contribution >= 4 is 22.9 Å². The van der Waals surface area contributed by atoms with Gasteiger partial charge in [0.15, 0.2) is 0 Å². The molecule has 0 radical (unpaired) electrons. The lowest BCUT2D eigenvalue weighted by Crippen LogP contribution is -2.06. The van der Waals surface area contributed by atoms with Gasteiger partial charge in [0.2, 0.25) is 0 Å². The average Bonchev–Trinajstić information content (AvgIpc) is 2.63. The molecule has 0 aliphatic carbocycles. The minimum atomic E-state index is -0.950. The molecule has 0 spiro atoms. The highest BCUT2D eigenvalue weighted by Crippen LogP contribution is 2.26. The molecule has 1 heterocycles. The number of carboxylic acid groups (broad SMARTS) is 1. The molecule has 0 saturated carbocycles. The summed E-state index contributed by atoms with van der Waals surface area (Å²) in [6.45, 7) is 2.08. The lowest BCUT2D eigenvalue weighted by Gasteiger charge is -2.02. The van der Waals surface area contributed by atoms with Gasteiger partial charge in [-0.1, -0.05) is 18.2 Å². The number of nitrogens with zero attached hydrogens (tertiary/aromatic N) is 1. The number of fused-ring (bicyclic) bond motifs is 1. The van der Waals surface area contributed by atoms with Crippen LogP contribution >= 0.6 is 0 Å². The Morgan fingerprint density at radius 1 is 1.42 bits per heavy atom. The summed E-state index contributed by atoms with van der Waals surface area (Å²) in [6.07, 6.45) is 1.70. The van der Waals surface area contributed by atoms with Gasteiger partial charge in [-0.05, 0) is 19.1 Å². The van der Waals surface area contributed by atoms with E-state index in [0.717, 1.165) is 22.2 Å². The van der Waals surface area contributed by atoms with Gasteiger partial charge in [-0.2, -0.15) is 0 Å². The van der Waals surface area contributed by atoms with Crippen molar-refractivity contribution in [3.8, 4) is 0 Å². The van der Waals surface area contributed by atoms with Crippen LogP contribution in [0.15, 0.2) is 29.8 Å². The SMILES string of the molecule is COC/C(=C\c1c(C)n(C)c2ccccc12)C(=O)O. The van der Waals surface area contributed by atoms with Crippen LogP contribution in [0.5, 0.6) is 0 Å². The number of rotatable bonds is 4. The van der Waals surface area contributed by atoms with Crippen LogP contribution in [0.1, 0.15) is 11.3 Å². The number of ether oxygens (including phenoxy) is 1. The minimum absolute atomic E-state index is 0.0952. The van der Waals surface area contributed by atoms with Gasteiger partial charge in [0.05, 0.1) is 12.2 Å². The zero-order chi connectivity index (χ0) is 14.0. The van der Waals surface area contributed by atoms with Crippen LogP contribution < -0.4 is 0 Å². The van der Waals surface area contributed by atoms with Crippen LogP contribution in [0.3, 0.4) is 0 Å². The zero-order valence-corrected chi connectivity index (χ0v) is 11.3. The predicted octanol–water partition coefficient (Wildman–Crippen LogP) is 2.60. The smallest absolute Gasteiger partial charge is 0.333 e. The summed E-state index contributed by atoms with van der Waals surface area (Å²) in [5.41, 5.74) is 3.32. The summed E-state index contributed by atoms with van der Waals surface area (Å²) >= 11 is 0. The Morgan fingerprint density at radius 3 is 2.74 bits per heavy atom. The van der Waals surface area contributed by atoms with Crippen molar-refractivity contribution < 1.29 is 14.6 Å². The van der Waals surface area contributed by atoms with Gasteiger partial charge in [-0.25, -0.2) is 4.79 Å². The summed E-state index contributed by atoms with van der Waals surface area (Å²) in [5.74, 6) is -0.950. The highest BCUT2D eigenvalue weighted by atomic mass is 16.5. The van der Waals surface area contributed by atoms with Crippen molar-refractivity contribution in [3.63, 3.8) is 0 Å². The molecular weight excluding hydrogens is 242 g/mol. The van der Waals surface area contributed by atoms with Gasteiger partial charge in [-0.15, -0.1) is 0 Å². The molecule has 0 aliphatic rings. The minimum Gasteiger partial charge on any atom is -0.478 e. The maximum atomic E-state index is 11.2. The average molecular weight is 259 g/mol. The molecule has 1 N–H and O–H groups in total. The maximum Gasteiger partial charge on any atom is 0.333 e. The first-order chi connectivity index (χ1) is 9.06. The molecule has 0 saturated heterocycles. The molecule has 2 aromatic rings. The van der Waals surface area contributed by atoms with E-state index in [1.165, 1.54) is 7.11 Å². The first kappa shape index (κ1) is 13.4. The fourth-order valence-electron chi connectivity index (χ4n) is 2.23. The lowest BCUT2D eigenvalue weighted by molar-refractivity contribution is -0.133. The molecule has 0 amide bonds. The molecular formula is C15H17NO3. The van der Waals surface area contributed by atoms with Crippen LogP contribution in [-0.2, 0) is 16.6 Å². The van der Waals surface area contributed by atoms with Crippen molar-refractivity contribution in [2.24, 2.45) is 7.05 Å². The van der Waals surface area contributed by atoms with Crippen LogP contribution in [0, 0.1) is 6.92 Å². The third kappa shape index (κ3) is 2.39. The number of aliphatic carboxylic acids is 1. The molecule has 19 heavy (non-hydrogen) atoms. The van der Waals surface area contributed by atoms with Crippen molar-refractivity contribution in [2.75, 3.05) is 13.7 Å². The molecule has 0 unspecified atom stereocenters. The number of methoxy groups -OCH3 is 1. The van der Waals surface area contributed by atoms with Gasteiger partial charge in [0.25, 0.3) is 0 Å². The van der Waals surface area contributed by atoms with Crippen LogP contribution in [0.4, 0.5) is 0 Å². The molecule has 0 atom stereocenters. The number of aryl methyl sites for hydroxylation is 1. The quantitative estimate of drug-likeness (QED) is 0.859. The van der Waals surface area contributed by atoms with Gasteiger partial charge in [0, 0.05) is 36.3 Å². The van der Waals surface area contributed by atoms with Crippen LogP contribution in [0.2, 0.25) is 0 Å². The molecule has 2 rings (SSSR count). The summed E-state index contributed by atoms with van der Waals surface area (Å²) in [6, 6.07) is 7.95. The second-order valence-corrected chi connectivity index (χ2v) is 4.48. The molecule has 1 aromatic heterocycles. The van der Waals surface area contributed by atoms with E-state index in [1.807, 2.05) is 38.2 Å². The van der Waals surface area contributed by atoms with E-state index in [1.54, 1.807) is 6.08 Å².